The first kappa shape index (κ1) is 19.7. The highest BCUT2D eigenvalue weighted by atomic mass is 16.5. The summed E-state index contributed by atoms with van der Waals surface area (Å²) in [5.74, 6) is 1.24. The van der Waals surface area contributed by atoms with Crippen molar-refractivity contribution in [3.63, 3.8) is 0 Å². The highest BCUT2D eigenvalue weighted by Gasteiger charge is 2.42. The number of nitrogens with one attached hydrogen (secondary N) is 1. The van der Waals surface area contributed by atoms with Crippen LogP contribution in [0, 0.1) is 5.92 Å². The molecule has 0 heterocycles. The zero-order chi connectivity index (χ0) is 18.1. The highest BCUT2D eigenvalue weighted by Crippen LogP contribution is 2.36. The average Bonchev–Trinajstić information content (AvgIpc) is 2.61. The van der Waals surface area contributed by atoms with Gasteiger partial charge in [0.15, 0.2) is 0 Å². The van der Waals surface area contributed by atoms with Gasteiger partial charge in [-0.2, -0.15) is 0 Å². The molecule has 0 saturated heterocycles. The summed E-state index contributed by atoms with van der Waals surface area (Å²) in [6, 6.07) is 7.43. The summed E-state index contributed by atoms with van der Waals surface area (Å²) in [6.07, 6.45) is 4.69. The van der Waals surface area contributed by atoms with Gasteiger partial charge in [0.05, 0.1) is 6.61 Å². The van der Waals surface area contributed by atoms with Crippen molar-refractivity contribution < 1.29 is 19.0 Å². The number of anilines is 1. The number of amides is 1. The molecule has 1 amide bonds. The third-order valence-corrected chi connectivity index (χ3v) is 4.62. The van der Waals surface area contributed by atoms with Gasteiger partial charge < -0.3 is 19.5 Å². The van der Waals surface area contributed by atoms with Crippen LogP contribution in [0.15, 0.2) is 24.3 Å². The van der Waals surface area contributed by atoms with Crippen molar-refractivity contribution in [3.8, 4) is 5.75 Å². The molecule has 1 aliphatic rings. The minimum absolute atomic E-state index is 0.0273. The van der Waals surface area contributed by atoms with Gasteiger partial charge in [-0.05, 0) is 55.9 Å². The molecule has 1 N–H and O–H groups in total. The summed E-state index contributed by atoms with van der Waals surface area (Å²) in [5, 5.41) is 3.03. The number of hydrogen-bond acceptors (Lipinski definition) is 4. The smallest absolute Gasteiger partial charge is 0.256 e. The second kappa shape index (κ2) is 9.78. The van der Waals surface area contributed by atoms with Gasteiger partial charge in [-0.1, -0.05) is 20.3 Å². The Bertz CT molecular complexity index is 531. The molecule has 0 radical (unpaired) electrons. The molecule has 2 rings (SSSR count). The lowest BCUT2D eigenvalue weighted by Crippen LogP contribution is -2.48. The normalized spacial score (nSPS) is 23.2. The summed E-state index contributed by atoms with van der Waals surface area (Å²) in [6.45, 7) is 5.94. The van der Waals surface area contributed by atoms with E-state index in [1.165, 1.54) is 0 Å². The third-order valence-electron chi connectivity index (χ3n) is 4.62. The zero-order valence-electron chi connectivity index (χ0n) is 15.7. The van der Waals surface area contributed by atoms with Crippen molar-refractivity contribution in [1.82, 2.24) is 0 Å². The van der Waals surface area contributed by atoms with Crippen LogP contribution in [0.4, 0.5) is 5.69 Å². The van der Waals surface area contributed by atoms with E-state index in [1.807, 2.05) is 24.3 Å². The van der Waals surface area contributed by atoms with E-state index in [4.69, 9.17) is 14.2 Å². The fraction of sp³-hybridized carbons (Fsp3) is 0.650. The van der Waals surface area contributed by atoms with Gasteiger partial charge >= 0.3 is 0 Å². The number of carbonyl (C=O) groups excluding carboxylic acids is 1. The molecule has 1 aliphatic carbocycles. The summed E-state index contributed by atoms with van der Waals surface area (Å²) in [5.41, 5.74) is 0.0724. The lowest BCUT2D eigenvalue weighted by molar-refractivity contribution is -0.148. The Kier molecular flexibility index (Phi) is 7.72. The molecule has 0 spiro atoms. The van der Waals surface area contributed by atoms with E-state index in [0.29, 0.717) is 25.7 Å². The Hall–Kier alpha value is -1.59. The van der Waals surface area contributed by atoms with E-state index in [1.54, 1.807) is 7.11 Å². The fourth-order valence-corrected chi connectivity index (χ4v) is 3.33. The fourth-order valence-electron chi connectivity index (χ4n) is 3.33. The molecule has 1 fully saturated rings. The lowest BCUT2D eigenvalue weighted by Gasteiger charge is -2.38. The topological polar surface area (TPSA) is 56.8 Å². The first-order chi connectivity index (χ1) is 12.1. The van der Waals surface area contributed by atoms with Gasteiger partial charge in [-0.3, -0.25) is 4.79 Å². The lowest BCUT2D eigenvalue weighted by atomic mass is 9.78. The quantitative estimate of drug-likeness (QED) is 0.684. The van der Waals surface area contributed by atoms with Crippen molar-refractivity contribution >= 4 is 11.6 Å². The van der Waals surface area contributed by atoms with Crippen LogP contribution >= 0.6 is 0 Å². The number of benzene rings is 1. The molecule has 0 unspecified atom stereocenters. The summed E-state index contributed by atoms with van der Waals surface area (Å²) >= 11 is 0. The molecule has 1 aromatic rings. The molecule has 0 aliphatic heterocycles. The number of ether oxygens (including phenoxy) is 3. The van der Waals surface area contributed by atoms with E-state index in [2.05, 4.69) is 19.2 Å². The van der Waals surface area contributed by atoms with Gasteiger partial charge in [0.1, 0.15) is 18.0 Å². The third kappa shape index (κ3) is 5.72. The Morgan fingerprint density at radius 3 is 2.64 bits per heavy atom. The van der Waals surface area contributed by atoms with Crippen LogP contribution in [0.1, 0.15) is 46.0 Å². The number of rotatable bonds is 9. The maximum Gasteiger partial charge on any atom is 0.256 e. The molecule has 0 aromatic heterocycles. The summed E-state index contributed by atoms with van der Waals surface area (Å²) in [7, 11) is 1.64. The maximum absolute atomic E-state index is 13.0. The van der Waals surface area contributed by atoms with E-state index in [9.17, 15) is 4.79 Å². The molecule has 1 aromatic carbocycles. The molecule has 140 valence electrons. The predicted molar refractivity (Wildman–Crippen MR) is 99.0 cm³/mol. The van der Waals surface area contributed by atoms with Gasteiger partial charge in [0.25, 0.3) is 5.91 Å². The summed E-state index contributed by atoms with van der Waals surface area (Å²) in [4.78, 5) is 13.0. The largest absolute Gasteiger partial charge is 0.491 e. The molecular formula is C20H31NO4. The SMILES string of the molecule is CCCO[C@@]1(C(=O)Nc2ccc(OCCOC)cc2)CCC[C@@H](C)C1. The first-order valence-electron chi connectivity index (χ1n) is 9.27. The Balaban J connectivity index is 1.99. The molecule has 5 heteroatoms. The molecule has 0 bridgehead atoms. The van der Waals surface area contributed by atoms with Crippen molar-refractivity contribution in [1.29, 1.82) is 0 Å². The highest BCUT2D eigenvalue weighted by molar-refractivity contribution is 5.97. The number of methoxy groups -OCH3 is 1. The van der Waals surface area contributed by atoms with Gasteiger partial charge in [0, 0.05) is 19.4 Å². The van der Waals surface area contributed by atoms with E-state index < -0.39 is 5.60 Å². The van der Waals surface area contributed by atoms with Crippen LogP contribution in [0.2, 0.25) is 0 Å². The monoisotopic (exact) mass is 349 g/mol. The van der Waals surface area contributed by atoms with Crippen molar-refractivity contribution in [2.45, 2.75) is 51.6 Å². The summed E-state index contributed by atoms with van der Waals surface area (Å²) < 4.78 is 16.6. The van der Waals surface area contributed by atoms with E-state index in [0.717, 1.165) is 43.5 Å². The van der Waals surface area contributed by atoms with Crippen molar-refractivity contribution in [3.05, 3.63) is 24.3 Å². The van der Waals surface area contributed by atoms with E-state index in [-0.39, 0.29) is 5.91 Å². The first-order valence-corrected chi connectivity index (χ1v) is 9.27. The minimum Gasteiger partial charge on any atom is -0.491 e. The Morgan fingerprint density at radius 2 is 2.00 bits per heavy atom. The maximum atomic E-state index is 13.0. The zero-order valence-corrected chi connectivity index (χ0v) is 15.7. The molecule has 1 saturated carbocycles. The minimum atomic E-state index is -0.693. The molecule has 2 atom stereocenters. The second-order valence-electron chi connectivity index (χ2n) is 6.86. The van der Waals surface area contributed by atoms with Crippen LogP contribution in [-0.4, -0.2) is 38.4 Å². The van der Waals surface area contributed by atoms with Crippen molar-refractivity contribution in [2.24, 2.45) is 5.92 Å². The Morgan fingerprint density at radius 1 is 1.24 bits per heavy atom. The average molecular weight is 349 g/mol. The Labute approximate surface area is 151 Å². The number of carbonyl (C=O) groups is 1. The van der Waals surface area contributed by atoms with Crippen LogP contribution < -0.4 is 10.1 Å². The second-order valence-corrected chi connectivity index (χ2v) is 6.86. The predicted octanol–water partition coefficient (Wildman–Crippen LogP) is 4.03. The van der Waals surface area contributed by atoms with Gasteiger partial charge in [-0.25, -0.2) is 0 Å². The van der Waals surface area contributed by atoms with Crippen LogP contribution in [0.25, 0.3) is 0 Å². The van der Waals surface area contributed by atoms with Gasteiger partial charge in [0.2, 0.25) is 0 Å². The van der Waals surface area contributed by atoms with Crippen molar-refractivity contribution in [2.75, 3.05) is 32.2 Å². The van der Waals surface area contributed by atoms with Crippen LogP contribution in [0.3, 0.4) is 0 Å². The standard InChI is InChI=1S/C20H31NO4/c1-4-12-25-20(11-5-6-16(2)15-20)19(22)21-17-7-9-18(10-8-17)24-14-13-23-3/h7-10,16H,4-6,11-15H2,1-3H3,(H,21,22)/t16-,20+/m1/s1. The number of hydrogen-bond donors (Lipinski definition) is 1. The van der Waals surface area contributed by atoms with Crippen LogP contribution in [-0.2, 0) is 14.3 Å². The molecule has 25 heavy (non-hydrogen) atoms. The molecular weight excluding hydrogens is 318 g/mol. The van der Waals surface area contributed by atoms with Gasteiger partial charge in [-0.15, -0.1) is 0 Å². The molecule has 5 nitrogen and oxygen atoms in total. The van der Waals surface area contributed by atoms with Crippen LogP contribution in [0.5, 0.6) is 5.75 Å². The van der Waals surface area contributed by atoms with E-state index >= 15 is 0 Å².